The fraction of sp³-hybridized carbons (Fsp3) is 0.875. The minimum Gasteiger partial charge on any atom is -0.465 e. The van der Waals surface area contributed by atoms with E-state index in [1.807, 2.05) is 20.8 Å². The van der Waals surface area contributed by atoms with Crippen LogP contribution in [0, 0.1) is 5.92 Å². The Bertz CT molecular complexity index is 102. The molecule has 0 aromatic heterocycles. The van der Waals surface area contributed by atoms with Crippen LogP contribution in [0.2, 0.25) is 0 Å². The van der Waals surface area contributed by atoms with Crippen molar-refractivity contribution in [2.24, 2.45) is 5.92 Å². The highest BCUT2D eigenvalue weighted by molar-refractivity contribution is 5.85. The smallest absolute Gasteiger partial charge is 0.305 e. The Morgan fingerprint density at radius 1 is 1.45 bits per heavy atom. The summed E-state index contributed by atoms with van der Waals surface area (Å²) >= 11 is 0. The molecule has 0 aliphatic rings. The van der Waals surface area contributed by atoms with E-state index in [0.29, 0.717) is 18.9 Å². The average Bonchev–Trinajstić information content (AvgIpc) is 1.85. The SMILES string of the molecule is CCCC(=O)OCC(C)C.Cl. The zero-order valence-electron chi connectivity index (χ0n) is 7.42. The van der Waals surface area contributed by atoms with Gasteiger partial charge in [0.1, 0.15) is 0 Å². The van der Waals surface area contributed by atoms with Gasteiger partial charge in [0.2, 0.25) is 0 Å². The first-order valence-electron chi connectivity index (χ1n) is 3.82. The Hall–Kier alpha value is -0.240. The number of carbonyl (C=O) groups is 1. The van der Waals surface area contributed by atoms with Crippen molar-refractivity contribution in [1.29, 1.82) is 0 Å². The summed E-state index contributed by atoms with van der Waals surface area (Å²) in [6.07, 6.45) is 1.42. The predicted octanol–water partition coefficient (Wildman–Crippen LogP) is 2.41. The summed E-state index contributed by atoms with van der Waals surface area (Å²) in [7, 11) is 0. The highest BCUT2D eigenvalue weighted by Crippen LogP contribution is 1.96. The first-order chi connectivity index (χ1) is 4.66. The molecule has 0 aliphatic heterocycles. The molecule has 0 aromatic carbocycles. The number of rotatable bonds is 4. The number of carbonyl (C=O) groups excluding carboxylic acids is 1. The fourth-order valence-electron chi connectivity index (χ4n) is 0.536. The summed E-state index contributed by atoms with van der Waals surface area (Å²) in [6.45, 7) is 6.58. The molecule has 0 atom stereocenters. The lowest BCUT2D eigenvalue weighted by Gasteiger charge is -2.05. The van der Waals surface area contributed by atoms with E-state index in [4.69, 9.17) is 4.74 Å². The fourth-order valence-corrected chi connectivity index (χ4v) is 0.536. The quantitative estimate of drug-likeness (QED) is 0.622. The molecule has 0 bridgehead atoms. The van der Waals surface area contributed by atoms with Crippen molar-refractivity contribution in [2.75, 3.05) is 6.61 Å². The number of halogens is 1. The molecule has 0 saturated heterocycles. The molecule has 68 valence electrons. The molecular formula is C8H17ClO2. The van der Waals surface area contributed by atoms with Crippen molar-refractivity contribution in [3.05, 3.63) is 0 Å². The number of hydrogen-bond acceptors (Lipinski definition) is 2. The zero-order valence-corrected chi connectivity index (χ0v) is 8.24. The minimum atomic E-state index is -0.0730. The van der Waals surface area contributed by atoms with Gasteiger partial charge in [-0.25, -0.2) is 0 Å². The number of ether oxygens (including phenoxy) is 1. The highest BCUT2D eigenvalue weighted by atomic mass is 35.5. The van der Waals surface area contributed by atoms with Crippen LogP contribution in [-0.4, -0.2) is 12.6 Å². The van der Waals surface area contributed by atoms with Gasteiger partial charge in [0.05, 0.1) is 6.61 Å². The molecule has 0 fully saturated rings. The van der Waals surface area contributed by atoms with Crippen LogP contribution in [0.4, 0.5) is 0 Å². The third-order valence-corrected chi connectivity index (χ3v) is 1.03. The Labute approximate surface area is 74.7 Å². The second kappa shape index (κ2) is 7.86. The van der Waals surface area contributed by atoms with Crippen molar-refractivity contribution in [3.8, 4) is 0 Å². The van der Waals surface area contributed by atoms with Crippen LogP contribution < -0.4 is 0 Å². The Morgan fingerprint density at radius 3 is 2.36 bits per heavy atom. The highest BCUT2D eigenvalue weighted by Gasteiger charge is 2.00. The third-order valence-electron chi connectivity index (χ3n) is 1.03. The van der Waals surface area contributed by atoms with Crippen molar-refractivity contribution >= 4 is 18.4 Å². The summed E-state index contributed by atoms with van der Waals surface area (Å²) in [6, 6.07) is 0. The van der Waals surface area contributed by atoms with Crippen LogP contribution in [0.5, 0.6) is 0 Å². The molecule has 0 radical (unpaired) electrons. The molecule has 0 aromatic rings. The van der Waals surface area contributed by atoms with Crippen LogP contribution in [0.1, 0.15) is 33.6 Å². The molecule has 0 heterocycles. The Balaban J connectivity index is 0. The first-order valence-corrected chi connectivity index (χ1v) is 3.82. The molecule has 0 spiro atoms. The second-order valence-corrected chi connectivity index (χ2v) is 2.83. The van der Waals surface area contributed by atoms with Gasteiger partial charge in [-0.2, -0.15) is 0 Å². The van der Waals surface area contributed by atoms with Crippen LogP contribution in [0.3, 0.4) is 0 Å². The van der Waals surface area contributed by atoms with Crippen molar-refractivity contribution in [3.63, 3.8) is 0 Å². The third kappa shape index (κ3) is 9.76. The van der Waals surface area contributed by atoms with Gasteiger partial charge in [-0.05, 0) is 12.3 Å². The summed E-state index contributed by atoms with van der Waals surface area (Å²) in [5, 5.41) is 0. The van der Waals surface area contributed by atoms with Crippen molar-refractivity contribution in [1.82, 2.24) is 0 Å². The summed E-state index contributed by atoms with van der Waals surface area (Å²) in [4.78, 5) is 10.7. The van der Waals surface area contributed by atoms with Gasteiger partial charge >= 0.3 is 5.97 Å². The predicted molar refractivity (Wildman–Crippen MR) is 48.0 cm³/mol. The lowest BCUT2D eigenvalue weighted by Crippen LogP contribution is -2.08. The molecule has 0 rings (SSSR count). The van der Waals surface area contributed by atoms with Gasteiger partial charge in [0.15, 0.2) is 0 Å². The van der Waals surface area contributed by atoms with E-state index in [0.717, 1.165) is 6.42 Å². The van der Waals surface area contributed by atoms with Crippen LogP contribution >= 0.6 is 12.4 Å². The molecular weight excluding hydrogens is 164 g/mol. The van der Waals surface area contributed by atoms with Gasteiger partial charge in [0, 0.05) is 6.42 Å². The summed E-state index contributed by atoms with van der Waals surface area (Å²) in [5.74, 6) is 0.372. The topological polar surface area (TPSA) is 26.3 Å². The number of esters is 1. The zero-order chi connectivity index (χ0) is 7.98. The van der Waals surface area contributed by atoms with Gasteiger partial charge in [-0.3, -0.25) is 4.79 Å². The molecule has 0 N–H and O–H groups in total. The Morgan fingerprint density at radius 2 is 2.00 bits per heavy atom. The maximum atomic E-state index is 10.7. The minimum absolute atomic E-state index is 0. The maximum Gasteiger partial charge on any atom is 0.305 e. The van der Waals surface area contributed by atoms with Crippen LogP contribution in [0.25, 0.3) is 0 Å². The molecule has 0 amide bonds. The van der Waals surface area contributed by atoms with Crippen molar-refractivity contribution < 1.29 is 9.53 Å². The standard InChI is InChI=1S/C8H16O2.ClH/c1-4-5-8(9)10-6-7(2)3;/h7H,4-6H2,1-3H3;1H. The first kappa shape index (κ1) is 13.4. The van der Waals surface area contributed by atoms with Gasteiger partial charge in [-0.1, -0.05) is 20.8 Å². The van der Waals surface area contributed by atoms with Crippen LogP contribution in [0.15, 0.2) is 0 Å². The molecule has 2 nitrogen and oxygen atoms in total. The second-order valence-electron chi connectivity index (χ2n) is 2.83. The lowest BCUT2D eigenvalue weighted by molar-refractivity contribution is -0.144. The summed E-state index contributed by atoms with van der Waals surface area (Å²) in [5.41, 5.74) is 0. The van der Waals surface area contributed by atoms with E-state index in [-0.39, 0.29) is 18.4 Å². The van der Waals surface area contributed by atoms with E-state index in [1.165, 1.54) is 0 Å². The molecule has 0 aliphatic carbocycles. The van der Waals surface area contributed by atoms with E-state index >= 15 is 0 Å². The molecule has 0 unspecified atom stereocenters. The van der Waals surface area contributed by atoms with E-state index in [1.54, 1.807) is 0 Å². The van der Waals surface area contributed by atoms with Gasteiger partial charge in [0.25, 0.3) is 0 Å². The van der Waals surface area contributed by atoms with E-state index in [9.17, 15) is 4.79 Å². The van der Waals surface area contributed by atoms with Crippen molar-refractivity contribution in [2.45, 2.75) is 33.6 Å². The van der Waals surface area contributed by atoms with Gasteiger partial charge in [-0.15, -0.1) is 12.4 Å². The lowest BCUT2D eigenvalue weighted by atomic mass is 10.2. The Kier molecular flexibility index (Phi) is 9.55. The maximum absolute atomic E-state index is 10.7. The average molecular weight is 181 g/mol. The van der Waals surface area contributed by atoms with Crippen LogP contribution in [-0.2, 0) is 9.53 Å². The summed E-state index contributed by atoms with van der Waals surface area (Å²) < 4.78 is 4.90. The normalized spacial score (nSPS) is 9.09. The monoisotopic (exact) mass is 180 g/mol. The van der Waals surface area contributed by atoms with E-state index < -0.39 is 0 Å². The molecule has 0 saturated carbocycles. The number of hydrogen-bond donors (Lipinski definition) is 0. The molecule has 11 heavy (non-hydrogen) atoms. The van der Waals surface area contributed by atoms with Gasteiger partial charge < -0.3 is 4.74 Å². The van der Waals surface area contributed by atoms with E-state index in [2.05, 4.69) is 0 Å². The molecule has 3 heteroatoms. The largest absolute Gasteiger partial charge is 0.465 e.